The van der Waals surface area contributed by atoms with Crippen molar-refractivity contribution < 1.29 is 19.1 Å². The quantitative estimate of drug-likeness (QED) is 0.443. The fourth-order valence-electron chi connectivity index (χ4n) is 2.70. The molecule has 0 bridgehead atoms. The molecule has 0 aliphatic rings. The van der Waals surface area contributed by atoms with Gasteiger partial charge in [-0.1, -0.05) is 34.1 Å². The number of nitrogens with one attached hydrogen (secondary N) is 1. The summed E-state index contributed by atoms with van der Waals surface area (Å²) in [7, 11) is 1.50. The lowest BCUT2D eigenvalue weighted by atomic mass is 10.1. The van der Waals surface area contributed by atoms with Crippen molar-refractivity contribution in [1.29, 1.82) is 0 Å². The number of anilines is 1. The summed E-state index contributed by atoms with van der Waals surface area (Å²) >= 11 is 4.76. The smallest absolute Gasteiger partial charge is 0.316 e. The first-order chi connectivity index (χ1) is 14.2. The number of hydrogen-bond acceptors (Lipinski definition) is 5. The van der Waals surface area contributed by atoms with Gasteiger partial charge in [0.25, 0.3) is 5.91 Å². The van der Waals surface area contributed by atoms with E-state index in [2.05, 4.69) is 21.2 Å². The number of rotatable bonds is 8. The molecule has 2 aromatic carbocycles. The number of aryl methyl sites for hydroxylation is 3. The molecule has 0 unspecified atom stereocenters. The van der Waals surface area contributed by atoms with Crippen molar-refractivity contribution in [2.24, 2.45) is 0 Å². The molecule has 6 nitrogen and oxygen atoms in total. The van der Waals surface area contributed by atoms with Gasteiger partial charge in [0.2, 0.25) is 5.91 Å². The standard InChI is InChI=1S/C22H25BrN2O4S/c1-14-6-5-7-15(2)22(14)24-19(26)11-25(4)20(27)12-29-21(28)13-30-18-9-8-17(23)10-16(18)3/h5-10H,11-13H2,1-4H3,(H,24,26). The van der Waals surface area contributed by atoms with E-state index < -0.39 is 18.5 Å². The van der Waals surface area contributed by atoms with E-state index in [1.54, 1.807) is 0 Å². The third-order valence-corrected chi connectivity index (χ3v) is 6.03. The molecule has 30 heavy (non-hydrogen) atoms. The van der Waals surface area contributed by atoms with Gasteiger partial charge in [-0.3, -0.25) is 14.4 Å². The number of likely N-dealkylation sites (N-methyl/N-ethyl adjacent to an activating group) is 1. The second-order valence-corrected chi connectivity index (χ2v) is 8.86. The molecule has 8 heteroatoms. The van der Waals surface area contributed by atoms with Gasteiger partial charge in [0.1, 0.15) is 0 Å². The van der Waals surface area contributed by atoms with Crippen LogP contribution in [0.4, 0.5) is 5.69 Å². The Morgan fingerprint density at radius 1 is 1.07 bits per heavy atom. The minimum atomic E-state index is -0.482. The lowest BCUT2D eigenvalue weighted by Gasteiger charge is -2.18. The summed E-state index contributed by atoms with van der Waals surface area (Å²) in [6, 6.07) is 11.5. The molecule has 0 heterocycles. The number of thioether (sulfide) groups is 1. The summed E-state index contributed by atoms with van der Waals surface area (Å²) in [5.74, 6) is -1.13. The van der Waals surface area contributed by atoms with Gasteiger partial charge in [-0.25, -0.2) is 0 Å². The van der Waals surface area contributed by atoms with Crippen LogP contribution >= 0.6 is 27.7 Å². The largest absolute Gasteiger partial charge is 0.455 e. The van der Waals surface area contributed by atoms with Crippen molar-refractivity contribution in [2.75, 3.05) is 31.3 Å². The number of para-hydroxylation sites is 1. The molecule has 2 amide bonds. The normalized spacial score (nSPS) is 10.4. The second kappa shape index (κ2) is 11.2. The molecule has 1 N–H and O–H groups in total. The molecule has 0 radical (unpaired) electrons. The van der Waals surface area contributed by atoms with Gasteiger partial charge in [-0.15, -0.1) is 11.8 Å². The second-order valence-electron chi connectivity index (χ2n) is 6.92. The van der Waals surface area contributed by atoms with Crippen LogP contribution in [0.1, 0.15) is 16.7 Å². The van der Waals surface area contributed by atoms with Crippen molar-refractivity contribution in [1.82, 2.24) is 4.90 Å². The number of amides is 2. The molecule has 0 saturated carbocycles. The highest BCUT2D eigenvalue weighted by atomic mass is 79.9. The van der Waals surface area contributed by atoms with Crippen LogP contribution in [-0.4, -0.2) is 48.6 Å². The number of esters is 1. The van der Waals surface area contributed by atoms with Crippen molar-refractivity contribution >= 4 is 51.2 Å². The number of ether oxygens (including phenoxy) is 1. The summed E-state index contributed by atoms with van der Waals surface area (Å²) in [4.78, 5) is 38.6. The molecule has 0 fully saturated rings. The summed E-state index contributed by atoms with van der Waals surface area (Å²) in [5, 5.41) is 2.83. The molecule has 0 spiro atoms. The fraction of sp³-hybridized carbons (Fsp3) is 0.318. The third kappa shape index (κ3) is 7.18. The molecule has 0 aliphatic carbocycles. The Hall–Kier alpha value is -2.32. The first-order valence-electron chi connectivity index (χ1n) is 9.32. The molecule has 0 aliphatic heterocycles. The predicted molar refractivity (Wildman–Crippen MR) is 123 cm³/mol. The van der Waals surface area contributed by atoms with Gasteiger partial charge in [-0.05, 0) is 55.7 Å². The minimum Gasteiger partial charge on any atom is -0.455 e. The van der Waals surface area contributed by atoms with Gasteiger partial charge in [0.15, 0.2) is 6.61 Å². The lowest BCUT2D eigenvalue weighted by molar-refractivity contribution is -0.149. The molecular formula is C22H25BrN2O4S. The number of benzene rings is 2. The van der Waals surface area contributed by atoms with Crippen LogP contribution in [0.15, 0.2) is 45.8 Å². The van der Waals surface area contributed by atoms with Crippen molar-refractivity contribution in [3.63, 3.8) is 0 Å². The average molecular weight is 493 g/mol. The van der Waals surface area contributed by atoms with Gasteiger partial charge in [-0.2, -0.15) is 0 Å². The number of hydrogen-bond donors (Lipinski definition) is 1. The average Bonchev–Trinajstić information content (AvgIpc) is 2.68. The van der Waals surface area contributed by atoms with Crippen LogP contribution in [0.3, 0.4) is 0 Å². The molecule has 2 rings (SSSR count). The Morgan fingerprint density at radius 2 is 1.73 bits per heavy atom. The van der Waals surface area contributed by atoms with E-state index in [0.717, 1.165) is 31.7 Å². The lowest BCUT2D eigenvalue weighted by Crippen LogP contribution is -2.37. The maximum atomic E-state index is 12.3. The monoisotopic (exact) mass is 492 g/mol. The van der Waals surface area contributed by atoms with Crippen LogP contribution in [0.2, 0.25) is 0 Å². The molecule has 0 atom stereocenters. The maximum absolute atomic E-state index is 12.3. The topological polar surface area (TPSA) is 75.7 Å². The summed E-state index contributed by atoms with van der Waals surface area (Å²) in [6.45, 7) is 5.25. The number of carbonyl (C=O) groups excluding carboxylic acids is 3. The summed E-state index contributed by atoms with van der Waals surface area (Å²) in [6.07, 6.45) is 0. The molecule has 2 aromatic rings. The molecule has 0 saturated heterocycles. The summed E-state index contributed by atoms with van der Waals surface area (Å²) in [5.41, 5.74) is 3.69. The third-order valence-electron chi connectivity index (χ3n) is 4.39. The Kier molecular flexibility index (Phi) is 8.92. The van der Waals surface area contributed by atoms with Crippen LogP contribution < -0.4 is 5.32 Å². The Labute approximate surface area is 189 Å². The number of carbonyl (C=O) groups is 3. The van der Waals surface area contributed by atoms with E-state index in [1.807, 2.05) is 57.2 Å². The predicted octanol–water partition coefficient (Wildman–Crippen LogP) is 4.11. The highest BCUT2D eigenvalue weighted by molar-refractivity contribution is 9.10. The molecule has 0 aromatic heterocycles. The first-order valence-corrected chi connectivity index (χ1v) is 11.1. The number of nitrogens with zero attached hydrogens (tertiary/aromatic N) is 1. The zero-order valence-corrected chi connectivity index (χ0v) is 19.9. The van der Waals surface area contributed by atoms with Crippen LogP contribution in [-0.2, 0) is 19.1 Å². The van der Waals surface area contributed by atoms with Crippen molar-refractivity contribution in [3.8, 4) is 0 Å². The molecular weight excluding hydrogens is 468 g/mol. The molecule has 160 valence electrons. The Bertz CT molecular complexity index is 928. The van der Waals surface area contributed by atoms with E-state index in [-0.39, 0.29) is 18.2 Å². The van der Waals surface area contributed by atoms with Crippen LogP contribution in [0.25, 0.3) is 0 Å². The van der Waals surface area contributed by atoms with Gasteiger partial charge < -0.3 is 15.0 Å². The van der Waals surface area contributed by atoms with Gasteiger partial charge in [0.05, 0.1) is 12.3 Å². The SMILES string of the molecule is Cc1cc(Br)ccc1SCC(=O)OCC(=O)N(C)CC(=O)Nc1c(C)cccc1C. The van der Waals surface area contributed by atoms with Crippen LogP contribution in [0, 0.1) is 20.8 Å². The van der Waals surface area contributed by atoms with E-state index in [4.69, 9.17) is 4.74 Å². The number of halogens is 1. The van der Waals surface area contributed by atoms with E-state index >= 15 is 0 Å². The van der Waals surface area contributed by atoms with E-state index in [0.29, 0.717) is 0 Å². The minimum absolute atomic E-state index is 0.104. The first kappa shape index (κ1) is 24.0. The van der Waals surface area contributed by atoms with Crippen LogP contribution in [0.5, 0.6) is 0 Å². The highest BCUT2D eigenvalue weighted by Gasteiger charge is 2.16. The van der Waals surface area contributed by atoms with E-state index in [1.165, 1.54) is 23.7 Å². The van der Waals surface area contributed by atoms with Crippen molar-refractivity contribution in [3.05, 3.63) is 57.6 Å². The van der Waals surface area contributed by atoms with Crippen molar-refractivity contribution in [2.45, 2.75) is 25.7 Å². The summed E-state index contributed by atoms with van der Waals surface area (Å²) < 4.78 is 6.03. The highest BCUT2D eigenvalue weighted by Crippen LogP contribution is 2.25. The zero-order chi connectivity index (χ0) is 22.3. The van der Waals surface area contributed by atoms with Gasteiger partial charge in [0, 0.05) is 22.1 Å². The van der Waals surface area contributed by atoms with E-state index in [9.17, 15) is 14.4 Å². The van der Waals surface area contributed by atoms with Gasteiger partial charge >= 0.3 is 5.97 Å². The maximum Gasteiger partial charge on any atom is 0.316 e. The zero-order valence-electron chi connectivity index (χ0n) is 17.5. The Balaban J connectivity index is 1.76. The fourth-order valence-corrected chi connectivity index (χ4v) is 3.98. The Morgan fingerprint density at radius 3 is 2.37 bits per heavy atom.